The average molecular weight is 339 g/mol. The minimum Gasteiger partial charge on any atom is -0.480 e. The van der Waals surface area contributed by atoms with Gasteiger partial charge in [-0.15, -0.1) is 0 Å². The highest BCUT2D eigenvalue weighted by molar-refractivity contribution is 5.88. The Morgan fingerprint density at radius 2 is 1.72 bits per heavy atom. The van der Waals surface area contributed by atoms with Gasteiger partial charge in [0.05, 0.1) is 0 Å². The molecule has 0 aromatic heterocycles. The number of fused-ring (bicyclic) bond motifs is 1. The number of nitrogens with zero attached hydrogens (tertiary/aromatic N) is 1. The van der Waals surface area contributed by atoms with E-state index in [1.54, 1.807) is 12.1 Å². The van der Waals surface area contributed by atoms with E-state index in [0.29, 0.717) is 19.4 Å². The molecule has 2 aromatic carbocycles. The number of carbonyl (C=O) groups is 2. The molecule has 128 valence electrons. The van der Waals surface area contributed by atoms with Gasteiger partial charge in [-0.25, -0.2) is 9.18 Å². The van der Waals surface area contributed by atoms with Gasteiger partial charge in [-0.2, -0.15) is 0 Å². The van der Waals surface area contributed by atoms with E-state index < -0.39 is 12.0 Å². The highest BCUT2D eigenvalue weighted by atomic mass is 19.1. The number of carbonyl (C=O) groups excluding carboxylic acids is 1. The Morgan fingerprint density at radius 3 is 2.40 bits per heavy atom. The van der Waals surface area contributed by atoms with Crippen molar-refractivity contribution in [3.05, 3.63) is 71.0 Å². The van der Waals surface area contributed by atoms with Gasteiger partial charge in [0.25, 0.3) is 0 Å². The molecule has 0 spiro atoms. The summed E-state index contributed by atoms with van der Waals surface area (Å²) < 4.78 is 13.1. The third-order valence-electron chi connectivity index (χ3n) is 5.22. The fourth-order valence-electron chi connectivity index (χ4n) is 3.73. The molecule has 4 rings (SSSR count). The molecule has 1 fully saturated rings. The number of amides is 1. The Labute approximate surface area is 144 Å². The Kier molecular flexibility index (Phi) is 3.79. The number of rotatable bonds is 3. The standard InChI is InChI=1S/C20H18FNO3/c21-15-7-5-12(6-8-15)16-10-17(16)19(23)22-11-14-4-2-1-3-13(14)9-18(22)20(24)25/h1-8,16-18H,9-11H2,(H,24,25)/t16-,17-,18+/m1/s1. The van der Waals surface area contributed by atoms with Crippen molar-refractivity contribution in [2.45, 2.75) is 31.3 Å². The van der Waals surface area contributed by atoms with Crippen molar-refractivity contribution < 1.29 is 19.1 Å². The Hall–Kier alpha value is -2.69. The lowest BCUT2D eigenvalue weighted by Crippen LogP contribution is -2.49. The lowest BCUT2D eigenvalue weighted by molar-refractivity contribution is -0.152. The van der Waals surface area contributed by atoms with E-state index in [2.05, 4.69) is 0 Å². The summed E-state index contributed by atoms with van der Waals surface area (Å²) in [6.45, 7) is 0.332. The summed E-state index contributed by atoms with van der Waals surface area (Å²) in [6, 6.07) is 13.0. The molecular formula is C20H18FNO3. The Balaban J connectivity index is 1.55. The molecule has 0 unspecified atom stereocenters. The molecule has 25 heavy (non-hydrogen) atoms. The van der Waals surface area contributed by atoms with Crippen molar-refractivity contribution in [3.63, 3.8) is 0 Å². The highest BCUT2D eigenvalue weighted by Crippen LogP contribution is 2.49. The minimum atomic E-state index is -0.971. The van der Waals surface area contributed by atoms with E-state index in [1.165, 1.54) is 17.0 Å². The first-order valence-corrected chi connectivity index (χ1v) is 8.40. The molecule has 5 heteroatoms. The molecule has 2 aliphatic rings. The van der Waals surface area contributed by atoms with Crippen molar-refractivity contribution in [3.8, 4) is 0 Å². The summed E-state index contributed by atoms with van der Waals surface area (Å²) in [5.41, 5.74) is 2.93. The number of benzene rings is 2. The fourth-order valence-corrected chi connectivity index (χ4v) is 3.73. The molecule has 1 aliphatic carbocycles. The van der Waals surface area contributed by atoms with Gasteiger partial charge >= 0.3 is 5.97 Å². The monoisotopic (exact) mass is 339 g/mol. The molecule has 1 amide bonds. The normalized spacial score (nSPS) is 24.5. The molecule has 1 heterocycles. The van der Waals surface area contributed by atoms with E-state index in [0.717, 1.165) is 16.7 Å². The van der Waals surface area contributed by atoms with Crippen LogP contribution in [0.25, 0.3) is 0 Å². The molecule has 1 aliphatic heterocycles. The van der Waals surface area contributed by atoms with Crippen LogP contribution in [-0.2, 0) is 22.6 Å². The Bertz CT molecular complexity index is 833. The number of aliphatic carboxylic acids is 1. The van der Waals surface area contributed by atoms with Gasteiger partial charge in [-0.1, -0.05) is 36.4 Å². The molecule has 1 saturated carbocycles. The van der Waals surface area contributed by atoms with Gasteiger partial charge in [-0.3, -0.25) is 4.79 Å². The third kappa shape index (κ3) is 2.90. The summed E-state index contributed by atoms with van der Waals surface area (Å²) in [7, 11) is 0. The molecule has 0 bridgehead atoms. The zero-order chi connectivity index (χ0) is 17.6. The molecule has 3 atom stereocenters. The van der Waals surface area contributed by atoms with Crippen LogP contribution in [0.3, 0.4) is 0 Å². The third-order valence-corrected chi connectivity index (χ3v) is 5.22. The number of hydrogen-bond acceptors (Lipinski definition) is 2. The van der Waals surface area contributed by atoms with Crippen LogP contribution < -0.4 is 0 Å². The molecule has 2 aromatic rings. The van der Waals surface area contributed by atoms with E-state index in [-0.39, 0.29) is 23.6 Å². The molecule has 0 saturated heterocycles. The van der Waals surface area contributed by atoms with Crippen molar-refractivity contribution in [1.82, 2.24) is 4.90 Å². The first-order valence-electron chi connectivity index (χ1n) is 8.40. The Morgan fingerprint density at radius 1 is 1.04 bits per heavy atom. The van der Waals surface area contributed by atoms with E-state index in [1.807, 2.05) is 24.3 Å². The van der Waals surface area contributed by atoms with Crippen LogP contribution in [-0.4, -0.2) is 27.9 Å². The van der Waals surface area contributed by atoms with E-state index in [9.17, 15) is 19.1 Å². The van der Waals surface area contributed by atoms with Gasteiger partial charge in [0.15, 0.2) is 0 Å². The summed E-state index contributed by atoms with van der Waals surface area (Å²) in [5, 5.41) is 9.56. The lowest BCUT2D eigenvalue weighted by Gasteiger charge is -2.34. The average Bonchev–Trinajstić information content (AvgIpc) is 3.41. The van der Waals surface area contributed by atoms with Crippen LogP contribution in [0.2, 0.25) is 0 Å². The molecule has 0 radical (unpaired) electrons. The van der Waals surface area contributed by atoms with Gasteiger partial charge in [0, 0.05) is 18.9 Å². The number of halogens is 1. The van der Waals surface area contributed by atoms with Gasteiger partial charge in [-0.05, 0) is 41.2 Å². The van der Waals surface area contributed by atoms with Crippen LogP contribution in [0.15, 0.2) is 48.5 Å². The van der Waals surface area contributed by atoms with Crippen LogP contribution >= 0.6 is 0 Å². The summed E-state index contributed by atoms with van der Waals surface area (Å²) in [5.74, 6) is -1.54. The van der Waals surface area contributed by atoms with E-state index >= 15 is 0 Å². The topological polar surface area (TPSA) is 57.6 Å². The van der Waals surface area contributed by atoms with Gasteiger partial charge < -0.3 is 10.0 Å². The first-order chi connectivity index (χ1) is 12.0. The quantitative estimate of drug-likeness (QED) is 0.935. The van der Waals surface area contributed by atoms with E-state index in [4.69, 9.17) is 0 Å². The second kappa shape index (κ2) is 5.99. The zero-order valence-electron chi connectivity index (χ0n) is 13.6. The minimum absolute atomic E-state index is 0.0553. The zero-order valence-corrected chi connectivity index (χ0v) is 13.6. The maximum atomic E-state index is 13.1. The fraction of sp³-hybridized carbons (Fsp3) is 0.300. The van der Waals surface area contributed by atoms with Crippen LogP contribution in [0.5, 0.6) is 0 Å². The van der Waals surface area contributed by atoms with Crippen molar-refractivity contribution >= 4 is 11.9 Å². The molecular weight excluding hydrogens is 321 g/mol. The second-order valence-corrected chi connectivity index (χ2v) is 6.79. The predicted molar refractivity (Wildman–Crippen MR) is 89.4 cm³/mol. The maximum absolute atomic E-state index is 13.1. The van der Waals surface area contributed by atoms with Crippen LogP contribution in [0, 0.1) is 11.7 Å². The molecule has 4 nitrogen and oxygen atoms in total. The van der Waals surface area contributed by atoms with Gasteiger partial charge in [0.1, 0.15) is 11.9 Å². The van der Waals surface area contributed by atoms with Crippen molar-refractivity contribution in [2.24, 2.45) is 5.92 Å². The van der Waals surface area contributed by atoms with Crippen LogP contribution in [0.4, 0.5) is 4.39 Å². The van der Waals surface area contributed by atoms with Gasteiger partial charge in [0.2, 0.25) is 5.91 Å². The number of hydrogen-bond donors (Lipinski definition) is 1. The van der Waals surface area contributed by atoms with Crippen molar-refractivity contribution in [2.75, 3.05) is 0 Å². The number of carboxylic acids is 1. The SMILES string of the molecule is O=C(O)[C@@H]1Cc2ccccc2CN1C(=O)[C@@H]1C[C@@H]1c1ccc(F)cc1. The number of carboxylic acid groups (broad SMARTS) is 1. The highest BCUT2D eigenvalue weighted by Gasteiger charge is 2.48. The second-order valence-electron chi connectivity index (χ2n) is 6.79. The predicted octanol–water partition coefficient (Wildman–Crippen LogP) is 2.97. The molecule has 1 N–H and O–H groups in total. The smallest absolute Gasteiger partial charge is 0.326 e. The van der Waals surface area contributed by atoms with Crippen molar-refractivity contribution in [1.29, 1.82) is 0 Å². The first kappa shape index (κ1) is 15.8. The maximum Gasteiger partial charge on any atom is 0.326 e. The summed E-state index contributed by atoms with van der Waals surface area (Å²) >= 11 is 0. The summed E-state index contributed by atoms with van der Waals surface area (Å²) in [4.78, 5) is 26.1. The lowest BCUT2D eigenvalue weighted by atomic mass is 9.93. The summed E-state index contributed by atoms with van der Waals surface area (Å²) in [6.07, 6.45) is 1.03. The largest absolute Gasteiger partial charge is 0.480 e. The van der Waals surface area contributed by atoms with Crippen LogP contribution in [0.1, 0.15) is 29.0 Å².